The largest absolute Gasteiger partial charge is 0.365 e. The van der Waals surface area contributed by atoms with Gasteiger partial charge in [-0.15, -0.1) is 6.58 Å². The Kier molecular flexibility index (Phi) is 3.24. The summed E-state index contributed by atoms with van der Waals surface area (Å²) in [6, 6.07) is 0. The standard InChI is InChI=1S/C15H22O3/c1-6-14(4)8-7-13(18-14)15(5)12(16)9-11(17-15)10(2)3/h6,11,13H,1-2,7-9H2,3-5H3/t11-,13?,14-,15+/m0/s1. The van der Waals surface area contributed by atoms with Crippen LogP contribution in [0.25, 0.3) is 0 Å². The van der Waals surface area contributed by atoms with Crippen molar-refractivity contribution in [1.29, 1.82) is 0 Å². The minimum Gasteiger partial charge on any atom is -0.365 e. The fraction of sp³-hybridized carbons (Fsp3) is 0.667. The second kappa shape index (κ2) is 4.32. The van der Waals surface area contributed by atoms with E-state index in [0.717, 1.165) is 18.4 Å². The molecule has 0 amide bonds. The molecule has 2 aliphatic heterocycles. The summed E-state index contributed by atoms with van der Waals surface area (Å²) in [6.07, 6.45) is 3.58. The third-order valence-corrected chi connectivity index (χ3v) is 4.22. The number of hydrogen-bond donors (Lipinski definition) is 0. The Bertz CT molecular complexity index is 401. The first-order chi connectivity index (χ1) is 8.31. The fourth-order valence-corrected chi connectivity index (χ4v) is 2.70. The van der Waals surface area contributed by atoms with Crippen molar-refractivity contribution in [3.63, 3.8) is 0 Å². The Labute approximate surface area is 109 Å². The number of carbonyl (C=O) groups is 1. The molecular formula is C15H22O3. The summed E-state index contributed by atoms with van der Waals surface area (Å²) in [7, 11) is 0. The maximum atomic E-state index is 12.2. The van der Waals surface area contributed by atoms with E-state index in [0.29, 0.717) is 6.42 Å². The Morgan fingerprint density at radius 3 is 2.56 bits per heavy atom. The maximum absolute atomic E-state index is 12.2. The monoisotopic (exact) mass is 250 g/mol. The van der Waals surface area contributed by atoms with Gasteiger partial charge in [-0.1, -0.05) is 18.2 Å². The summed E-state index contributed by atoms with van der Waals surface area (Å²) in [4.78, 5) is 12.2. The van der Waals surface area contributed by atoms with E-state index in [1.54, 1.807) is 0 Å². The number of ether oxygens (including phenoxy) is 2. The van der Waals surface area contributed by atoms with Crippen molar-refractivity contribution < 1.29 is 14.3 Å². The smallest absolute Gasteiger partial charge is 0.169 e. The summed E-state index contributed by atoms with van der Waals surface area (Å²) in [5.41, 5.74) is -0.264. The average molecular weight is 250 g/mol. The third-order valence-electron chi connectivity index (χ3n) is 4.22. The zero-order valence-corrected chi connectivity index (χ0v) is 11.5. The highest BCUT2D eigenvalue weighted by molar-refractivity contribution is 5.90. The van der Waals surface area contributed by atoms with Crippen LogP contribution in [0.15, 0.2) is 24.8 Å². The molecule has 100 valence electrons. The molecule has 0 aromatic heterocycles. The van der Waals surface area contributed by atoms with Crippen molar-refractivity contribution in [1.82, 2.24) is 0 Å². The van der Waals surface area contributed by atoms with Gasteiger partial charge in [0.2, 0.25) is 0 Å². The molecule has 1 unspecified atom stereocenters. The predicted molar refractivity (Wildman–Crippen MR) is 70.4 cm³/mol. The molecule has 0 aliphatic carbocycles. The number of ketones is 1. The molecule has 2 rings (SSSR count). The van der Waals surface area contributed by atoms with Crippen LogP contribution in [0.5, 0.6) is 0 Å². The highest BCUT2D eigenvalue weighted by atomic mass is 16.6. The SMILES string of the molecule is C=C[C@@]1(C)CCC([C@]2(C)O[C@H](C(=C)C)CC2=O)O1. The predicted octanol–water partition coefficient (Wildman–Crippen LogP) is 2.80. The van der Waals surface area contributed by atoms with E-state index < -0.39 is 5.60 Å². The normalized spacial score (nSPS) is 44.3. The van der Waals surface area contributed by atoms with Gasteiger partial charge in [0.15, 0.2) is 11.4 Å². The van der Waals surface area contributed by atoms with Crippen LogP contribution in [0, 0.1) is 0 Å². The van der Waals surface area contributed by atoms with E-state index in [1.165, 1.54) is 0 Å². The van der Waals surface area contributed by atoms with E-state index >= 15 is 0 Å². The van der Waals surface area contributed by atoms with Crippen LogP contribution in [0.1, 0.15) is 40.0 Å². The molecule has 0 radical (unpaired) electrons. The molecule has 2 saturated heterocycles. The molecule has 4 atom stereocenters. The van der Waals surface area contributed by atoms with Crippen molar-refractivity contribution in [2.45, 2.75) is 63.4 Å². The first-order valence-electron chi connectivity index (χ1n) is 6.49. The number of carbonyl (C=O) groups excluding carboxylic acids is 1. The Morgan fingerprint density at radius 2 is 2.11 bits per heavy atom. The third kappa shape index (κ3) is 2.06. The van der Waals surface area contributed by atoms with Gasteiger partial charge >= 0.3 is 0 Å². The molecule has 2 heterocycles. The van der Waals surface area contributed by atoms with Crippen molar-refractivity contribution in [2.24, 2.45) is 0 Å². The molecular weight excluding hydrogens is 228 g/mol. The van der Waals surface area contributed by atoms with Gasteiger partial charge in [0.1, 0.15) is 0 Å². The first-order valence-corrected chi connectivity index (χ1v) is 6.49. The van der Waals surface area contributed by atoms with Gasteiger partial charge in [-0.05, 0) is 33.6 Å². The van der Waals surface area contributed by atoms with Crippen LogP contribution in [-0.4, -0.2) is 29.2 Å². The van der Waals surface area contributed by atoms with Crippen LogP contribution in [0.3, 0.4) is 0 Å². The van der Waals surface area contributed by atoms with E-state index in [9.17, 15) is 4.79 Å². The number of Topliss-reactive ketones (excluding diaryl/α,β-unsaturated/α-hetero) is 1. The zero-order valence-electron chi connectivity index (χ0n) is 11.5. The lowest BCUT2D eigenvalue weighted by molar-refractivity contribution is -0.155. The molecule has 0 bridgehead atoms. The van der Waals surface area contributed by atoms with Crippen LogP contribution >= 0.6 is 0 Å². The Hall–Kier alpha value is -0.930. The molecule has 0 saturated carbocycles. The zero-order chi connectivity index (χ0) is 13.6. The molecule has 3 heteroatoms. The van der Waals surface area contributed by atoms with Gasteiger partial charge < -0.3 is 9.47 Å². The molecule has 3 nitrogen and oxygen atoms in total. The first kappa shape index (κ1) is 13.5. The number of hydrogen-bond acceptors (Lipinski definition) is 3. The highest BCUT2D eigenvalue weighted by Gasteiger charge is 2.54. The lowest BCUT2D eigenvalue weighted by Crippen LogP contribution is -2.46. The second-order valence-electron chi connectivity index (χ2n) is 5.85. The van der Waals surface area contributed by atoms with Gasteiger partial charge in [-0.3, -0.25) is 4.79 Å². The van der Waals surface area contributed by atoms with Gasteiger partial charge in [0, 0.05) is 6.42 Å². The lowest BCUT2D eigenvalue weighted by Gasteiger charge is -2.31. The number of rotatable bonds is 3. The van der Waals surface area contributed by atoms with Crippen molar-refractivity contribution in [3.8, 4) is 0 Å². The highest BCUT2D eigenvalue weighted by Crippen LogP contribution is 2.42. The summed E-state index contributed by atoms with van der Waals surface area (Å²) < 4.78 is 11.9. The average Bonchev–Trinajstić information content (AvgIpc) is 2.84. The fourth-order valence-electron chi connectivity index (χ4n) is 2.70. The van der Waals surface area contributed by atoms with Gasteiger partial charge in [-0.25, -0.2) is 0 Å². The van der Waals surface area contributed by atoms with Crippen LogP contribution < -0.4 is 0 Å². The second-order valence-corrected chi connectivity index (χ2v) is 5.85. The van der Waals surface area contributed by atoms with Crippen LogP contribution in [0.2, 0.25) is 0 Å². The molecule has 18 heavy (non-hydrogen) atoms. The quantitative estimate of drug-likeness (QED) is 0.722. The Balaban J connectivity index is 2.16. The van der Waals surface area contributed by atoms with E-state index in [-0.39, 0.29) is 23.6 Å². The maximum Gasteiger partial charge on any atom is 0.169 e. The molecule has 0 spiro atoms. The molecule has 2 aliphatic rings. The van der Waals surface area contributed by atoms with Crippen LogP contribution in [0.4, 0.5) is 0 Å². The summed E-state index contributed by atoms with van der Waals surface area (Å²) in [6.45, 7) is 13.4. The van der Waals surface area contributed by atoms with Crippen LogP contribution in [-0.2, 0) is 14.3 Å². The summed E-state index contributed by atoms with van der Waals surface area (Å²) in [5, 5.41) is 0. The molecule has 0 aromatic carbocycles. The van der Waals surface area contributed by atoms with E-state index in [4.69, 9.17) is 9.47 Å². The van der Waals surface area contributed by atoms with Crippen molar-refractivity contribution in [2.75, 3.05) is 0 Å². The summed E-state index contributed by atoms with van der Waals surface area (Å²) in [5.74, 6) is 0.119. The van der Waals surface area contributed by atoms with E-state index in [1.807, 2.05) is 26.8 Å². The Morgan fingerprint density at radius 1 is 1.44 bits per heavy atom. The molecule has 0 aromatic rings. The van der Waals surface area contributed by atoms with E-state index in [2.05, 4.69) is 13.2 Å². The molecule has 0 N–H and O–H groups in total. The lowest BCUT2D eigenvalue weighted by atomic mass is 9.91. The minimum atomic E-state index is -0.829. The van der Waals surface area contributed by atoms with Gasteiger partial charge in [-0.2, -0.15) is 0 Å². The van der Waals surface area contributed by atoms with Crippen molar-refractivity contribution in [3.05, 3.63) is 24.8 Å². The van der Waals surface area contributed by atoms with Crippen molar-refractivity contribution >= 4 is 5.78 Å². The molecule has 2 fully saturated rings. The van der Waals surface area contributed by atoms with Gasteiger partial charge in [0.05, 0.1) is 17.8 Å². The summed E-state index contributed by atoms with van der Waals surface area (Å²) >= 11 is 0. The van der Waals surface area contributed by atoms with Gasteiger partial charge in [0.25, 0.3) is 0 Å². The minimum absolute atomic E-state index is 0.119. The topological polar surface area (TPSA) is 35.5 Å².